The van der Waals surface area contributed by atoms with Crippen molar-refractivity contribution < 1.29 is 0 Å². The van der Waals surface area contributed by atoms with Crippen LogP contribution >= 0.6 is 0 Å². The molecule has 0 bridgehead atoms. The fourth-order valence-electron chi connectivity index (χ4n) is 2.39. The van der Waals surface area contributed by atoms with Crippen molar-refractivity contribution in [1.29, 1.82) is 0 Å². The molecule has 1 fully saturated rings. The third-order valence-corrected chi connectivity index (χ3v) is 3.18. The summed E-state index contributed by atoms with van der Waals surface area (Å²) in [6.07, 6.45) is 11.3. The van der Waals surface area contributed by atoms with Crippen LogP contribution < -0.4 is 0 Å². The summed E-state index contributed by atoms with van der Waals surface area (Å²) >= 11 is 0. The molecule has 0 aromatic heterocycles. The van der Waals surface area contributed by atoms with Crippen LogP contribution in [-0.4, -0.2) is 25.0 Å². The van der Waals surface area contributed by atoms with Gasteiger partial charge < -0.3 is 4.90 Å². The van der Waals surface area contributed by atoms with Gasteiger partial charge in [0.2, 0.25) is 0 Å². The number of rotatable bonds is 0. The van der Waals surface area contributed by atoms with Gasteiger partial charge in [-0.1, -0.05) is 30.9 Å². The van der Waals surface area contributed by atoms with Gasteiger partial charge in [0.05, 0.1) is 0 Å². The molecular weight excluding hydrogens is 158 g/mol. The van der Waals surface area contributed by atoms with Crippen LogP contribution in [-0.2, 0) is 0 Å². The van der Waals surface area contributed by atoms with E-state index in [4.69, 9.17) is 0 Å². The van der Waals surface area contributed by atoms with Crippen molar-refractivity contribution >= 4 is 0 Å². The molecule has 0 N–H and O–H groups in total. The topological polar surface area (TPSA) is 3.24 Å². The summed E-state index contributed by atoms with van der Waals surface area (Å²) < 4.78 is 0. The van der Waals surface area contributed by atoms with Crippen LogP contribution in [0.15, 0.2) is 36.5 Å². The zero-order chi connectivity index (χ0) is 9.31. The van der Waals surface area contributed by atoms with Crippen LogP contribution in [0.2, 0.25) is 0 Å². The maximum atomic E-state index is 4.16. The molecular formula is C12H17N. The van der Waals surface area contributed by atoms with Crippen LogP contribution in [0, 0.1) is 5.41 Å². The fourth-order valence-corrected chi connectivity index (χ4v) is 2.39. The molecule has 1 heteroatoms. The molecule has 2 rings (SSSR count). The lowest BCUT2D eigenvalue weighted by Crippen LogP contribution is -2.41. The molecule has 1 atom stereocenters. The first kappa shape index (κ1) is 8.76. The van der Waals surface area contributed by atoms with Crippen molar-refractivity contribution in [2.75, 3.05) is 20.1 Å². The molecule has 13 heavy (non-hydrogen) atoms. The number of nitrogens with zero attached hydrogens (tertiary/aromatic N) is 1. The van der Waals surface area contributed by atoms with Crippen LogP contribution in [0.3, 0.4) is 0 Å². The number of hydrogen-bond acceptors (Lipinski definition) is 1. The van der Waals surface area contributed by atoms with Crippen molar-refractivity contribution in [2.45, 2.75) is 12.8 Å². The van der Waals surface area contributed by atoms with E-state index in [1.165, 1.54) is 25.0 Å². The predicted molar refractivity (Wildman–Crippen MR) is 56.6 cm³/mol. The van der Waals surface area contributed by atoms with E-state index in [0.717, 1.165) is 6.54 Å². The Morgan fingerprint density at radius 1 is 1.46 bits per heavy atom. The lowest BCUT2D eigenvalue weighted by atomic mass is 9.72. The minimum Gasteiger partial charge on any atom is -0.305 e. The molecule has 0 amide bonds. The van der Waals surface area contributed by atoms with Gasteiger partial charge in [0.25, 0.3) is 0 Å². The summed E-state index contributed by atoms with van der Waals surface area (Å²) in [6.45, 7) is 6.52. The lowest BCUT2D eigenvalue weighted by Gasteiger charge is -2.41. The summed E-state index contributed by atoms with van der Waals surface area (Å²) in [7, 11) is 2.19. The molecule has 0 radical (unpaired) electrons. The second-order valence-corrected chi connectivity index (χ2v) is 4.24. The lowest BCUT2D eigenvalue weighted by molar-refractivity contribution is 0.182. The Balaban J connectivity index is 2.23. The monoisotopic (exact) mass is 175 g/mol. The van der Waals surface area contributed by atoms with Crippen LogP contribution in [0.5, 0.6) is 0 Å². The van der Waals surface area contributed by atoms with Gasteiger partial charge in [-0.25, -0.2) is 0 Å². The second kappa shape index (κ2) is 3.15. The highest BCUT2D eigenvalue weighted by Crippen LogP contribution is 2.39. The fraction of sp³-hybridized carbons (Fsp3) is 0.500. The number of allylic oxidation sites excluding steroid dienone is 3. The Labute approximate surface area is 80.4 Å². The van der Waals surface area contributed by atoms with Crippen LogP contribution in [0.25, 0.3) is 0 Å². The summed E-state index contributed by atoms with van der Waals surface area (Å²) in [4.78, 5) is 2.40. The average molecular weight is 175 g/mol. The van der Waals surface area contributed by atoms with Crippen LogP contribution in [0.4, 0.5) is 0 Å². The third kappa shape index (κ3) is 1.49. The van der Waals surface area contributed by atoms with Gasteiger partial charge in [-0.15, -0.1) is 0 Å². The maximum Gasteiger partial charge on any atom is 0.0257 e. The molecule has 0 aromatic carbocycles. The van der Waals surface area contributed by atoms with E-state index in [0.29, 0.717) is 0 Å². The van der Waals surface area contributed by atoms with Gasteiger partial charge in [-0.2, -0.15) is 0 Å². The zero-order valence-corrected chi connectivity index (χ0v) is 8.29. The SMILES string of the molecule is C=C1C=CC=CC12CCCN(C)C2. The van der Waals surface area contributed by atoms with E-state index in [2.05, 4.69) is 42.8 Å². The highest BCUT2D eigenvalue weighted by atomic mass is 15.1. The molecule has 1 saturated heterocycles. The van der Waals surface area contributed by atoms with Gasteiger partial charge in [-0.05, 0) is 32.0 Å². The molecule has 2 aliphatic rings. The van der Waals surface area contributed by atoms with Gasteiger partial charge >= 0.3 is 0 Å². The number of piperidine rings is 1. The van der Waals surface area contributed by atoms with Gasteiger partial charge in [0, 0.05) is 12.0 Å². The van der Waals surface area contributed by atoms with E-state index in [9.17, 15) is 0 Å². The van der Waals surface area contributed by atoms with Gasteiger partial charge in [-0.3, -0.25) is 0 Å². The van der Waals surface area contributed by atoms with Gasteiger partial charge in [0.1, 0.15) is 0 Å². The Kier molecular flexibility index (Phi) is 2.12. The summed E-state index contributed by atoms with van der Waals surface area (Å²) in [5.41, 5.74) is 1.53. The van der Waals surface area contributed by atoms with E-state index in [1.54, 1.807) is 0 Å². The van der Waals surface area contributed by atoms with Crippen molar-refractivity contribution in [3.8, 4) is 0 Å². The molecule has 70 valence electrons. The van der Waals surface area contributed by atoms with E-state index >= 15 is 0 Å². The Morgan fingerprint density at radius 2 is 2.31 bits per heavy atom. The normalized spacial score (nSPS) is 34.4. The summed E-state index contributed by atoms with van der Waals surface area (Å²) in [5.74, 6) is 0. The molecule has 1 spiro atoms. The van der Waals surface area contributed by atoms with E-state index < -0.39 is 0 Å². The molecule has 1 nitrogen and oxygen atoms in total. The highest BCUT2D eigenvalue weighted by Gasteiger charge is 2.34. The van der Waals surface area contributed by atoms with E-state index in [1.807, 2.05) is 0 Å². The number of hydrogen-bond donors (Lipinski definition) is 0. The molecule has 1 unspecified atom stereocenters. The highest BCUT2D eigenvalue weighted by molar-refractivity contribution is 5.37. The van der Waals surface area contributed by atoms with Crippen molar-refractivity contribution in [3.63, 3.8) is 0 Å². The molecule has 1 aliphatic carbocycles. The first-order chi connectivity index (χ1) is 6.23. The molecule has 1 aliphatic heterocycles. The summed E-state index contributed by atoms with van der Waals surface area (Å²) in [5, 5.41) is 0. The van der Waals surface area contributed by atoms with Crippen molar-refractivity contribution in [3.05, 3.63) is 36.5 Å². The molecule has 0 aromatic rings. The van der Waals surface area contributed by atoms with Crippen molar-refractivity contribution in [2.24, 2.45) is 5.41 Å². The molecule has 0 saturated carbocycles. The minimum atomic E-state index is 0.252. The third-order valence-electron chi connectivity index (χ3n) is 3.18. The Hall–Kier alpha value is -0.820. The number of likely N-dealkylation sites (tertiary alicyclic amines) is 1. The maximum absolute atomic E-state index is 4.16. The minimum absolute atomic E-state index is 0.252. The smallest absolute Gasteiger partial charge is 0.0257 e. The Morgan fingerprint density at radius 3 is 3.00 bits per heavy atom. The van der Waals surface area contributed by atoms with E-state index in [-0.39, 0.29) is 5.41 Å². The standard InChI is InChI=1S/C12H17N/c1-11-6-3-4-7-12(11)8-5-9-13(2)10-12/h3-4,6-7H,1,5,8-10H2,2H3. The first-order valence-corrected chi connectivity index (χ1v) is 4.97. The quantitative estimate of drug-likeness (QED) is 0.546. The largest absolute Gasteiger partial charge is 0.305 e. The van der Waals surface area contributed by atoms with Gasteiger partial charge in [0.15, 0.2) is 0 Å². The van der Waals surface area contributed by atoms with Crippen molar-refractivity contribution in [1.82, 2.24) is 4.90 Å². The average Bonchev–Trinajstić information content (AvgIpc) is 2.11. The summed E-state index contributed by atoms with van der Waals surface area (Å²) in [6, 6.07) is 0. The Bertz CT molecular complexity index is 275. The zero-order valence-electron chi connectivity index (χ0n) is 8.29. The van der Waals surface area contributed by atoms with Crippen LogP contribution in [0.1, 0.15) is 12.8 Å². The first-order valence-electron chi connectivity index (χ1n) is 4.97. The molecule has 1 heterocycles. The predicted octanol–water partition coefficient (Wildman–Crippen LogP) is 2.38. The second-order valence-electron chi connectivity index (χ2n) is 4.24.